The van der Waals surface area contributed by atoms with Gasteiger partial charge in [-0.05, 0) is 13.0 Å². The molecule has 0 aliphatic carbocycles. The lowest BCUT2D eigenvalue weighted by Gasteiger charge is -2.23. The van der Waals surface area contributed by atoms with Crippen molar-refractivity contribution in [2.24, 2.45) is 4.99 Å². The molecule has 0 amide bonds. The first-order chi connectivity index (χ1) is 7.83. The number of aromatic amines is 1. The van der Waals surface area contributed by atoms with Crippen LogP contribution >= 0.6 is 0 Å². The second kappa shape index (κ2) is 3.52. The molecule has 0 unspecified atom stereocenters. The number of aryl methyl sites for hydroxylation is 1. The smallest absolute Gasteiger partial charge is 0.133 e. The van der Waals surface area contributed by atoms with E-state index < -0.39 is 0 Å². The number of nitrogens with zero attached hydrogens (tertiary/aromatic N) is 3. The first kappa shape index (κ1) is 9.21. The Morgan fingerprint density at radius 2 is 2.50 bits per heavy atom. The predicted octanol–water partition coefficient (Wildman–Crippen LogP) is 1.71. The molecule has 0 fully saturated rings. The molecule has 3 heterocycles. The highest BCUT2D eigenvalue weighted by Gasteiger charge is 2.16. The third-order valence-corrected chi connectivity index (χ3v) is 2.58. The fourth-order valence-corrected chi connectivity index (χ4v) is 1.88. The molecule has 0 atom stereocenters. The summed E-state index contributed by atoms with van der Waals surface area (Å²) in [5.41, 5.74) is 2.04. The Kier molecular flexibility index (Phi) is 2.02. The Bertz CT molecular complexity index is 526. The average molecular weight is 216 g/mol. The maximum absolute atomic E-state index is 5.05. The van der Waals surface area contributed by atoms with E-state index in [-0.39, 0.29) is 0 Å². The molecule has 0 bridgehead atoms. The van der Waals surface area contributed by atoms with Crippen molar-refractivity contribution in [3.8, 4) is 0 Å². The zero-order valence-corrected chi connectivity index (χ0v) is 8.97. The molecule has 2 aromatic heterocycles. The van der Waals surface area contributed by atoms with Gasteiger partial charge in [0.15, 0.2) is 0 Å². The Morgan fingerprint density at radius 3 is 3.31 bits per heavy atom. The number of anilines is 1. The summed E-state index contributed by atoms with van der Waals surface area (Å²) in [7, 11) is 0. The normalized spacial score (nSPS) is 14.2. The highest BCUT2D eigenvalue weighted by Crippen LogP contribution is 2.21. The second-order valence-electron chi connectivity index (χ2n) is 3.86. The Morgan fingerprint density at radius 1 is 1.56 bits per heavy atom. The van der Waals surface area contributed by atoms with Crippen LogP contribution in [0.3, 0.4) is 0 Å². The molecular weight excluding hydrogens is 204 g/mol. The summed E-state index contributed by atoms with van der Waals surface area (Å²) < 4.78 is 5.05. The minimum atomic E-state index is 0.652. The molecule has 5 heteroatoms. The van der Waals surface area contributed by atoms with Crippen molar-refractivity contribution in [2.45, 2.75) is 13.5 Å². The summed E-state index contributed by atoms with van der Waals surface area (Å²) in [5, 5.41) is 3.98. The third-order valence-electron chi connectivity index (χ3n) is 2.58. The summed E-state index contributed by atoms with van der Waals surface area (Å²) in [6, 6.07) is 3.96. The topological polar surface area (TPSA) is 57.4 Å². The van der Waals surface area contributed by atoms with Gasteiger partial charge in [0.25, 0.3) is 0 Å². The van der Waals surface area contributed by atoms with Crippen molar-refractivity contribution in [3.05, 3.63) is 35.3 Å². The van der Waals surface area contributed by atoms with E-state index in [0.717, 1.165) is 22.8 Å². The van der Waals surface area contributed by atoms with Crippen LogP contribution in [0, 0.1) is 6.92 Å². The van der Waals surface area contributed by atoms with Crippen LogP contribution in [-0.2, 0) is 6.54 Å². The molecule has 82 valence electrons. The number of aromatic nitrogens is 2. The van der Waals surface area contributed by atoms with Crippen LogP contribution in [0.1, 0.15) is 17.0 Å². The van der Waals surface area contributed by atoms with E-state index in [2.05, 4.69) is 20.0 Å². The SMILES string of the molecule is Cc1cc(CN2CN=Cc3cc[nH]c32)no1. The summed E-state index contributed by atoms with van der Waals surface area (Å²) in [6.07, 6.45) is 3.80. The van der Waals surface area contributed by atoms with E-state index in [4.69, 9.17) is 4.52 Å². The lowest BCUT2D eigenvalue weighted by Crippen LogP contribution is -2.26. The molecule has 3 rings (SSSR count). The minimum absolute atomic E-state index is 0.652. The Balaban J connectivity index is 1.85. The molecular formula is C11H12N4O. The van der Waals surface area contributed by atoms with Gasteiger partial charge in [-0.15, -0.1) is 0 Å². The van der Waals surface area contributed by atoms with Crippen molar-refractivity contribution in [3.63, 3.8) is 0 Å². The average Bonchev–Trinajstić information content (AvgIpc) is 2.87. The number of aliphatic imine (C=N–C) groups is 1. The fraction of sp³-hybridized carbons (Fsp3) is 0.273. The highest BCUT2D eigenvalue weighted by atomic mass is 16.5. The van der Waals surface area contributed by atoms with E-state index in [9.17, 15) is 0 Å². The van der Waals surface area contributed by atoms with Gasteiger partial charge in [-0.3, -0.25) is 4.99 Å². The van der Waals surface area contributed by atoms with Crippen LogP contribution in [0.5, 0.6) is 0 Å². The number of hydrogen-bond acceptors (Lipinski definition) is 4. The summed E-state index contributed by atoms with van der Waals surface area (Å²) in [6.45, 7) is 3.26. The molecule has 1 aliphatic heterocycles. The van der Waals surface area contributed by atoms with Gasteiger partial charge in [0.1, 0.15) is 23.9 Å². The number of fused-ring (bicyclic) bond motifs is 1. The van der Waals surface area contributed by atoms with Crippen LogP contribution in [0.4, 0.5) is 5.82 Å². The van der Waals surface area contributed by atoms with Gasteiger partial charge in [0.2, 0.25) is 0 Å². The first-order valence-corrected chi connectivity index (χ1v) is 5.17. The molecule has 1 aliphatic rings. The van der Waals surface area contributed by atoms with Crippen molar-refractivity contribution in [1.82, 2.24) is 10.1 Å². The monoisotopic (exact) mass is 216 g/mol. The number of nitrogens with one attached hydrogen (secondary N) is 1. The van der Waals surface area contributed by atoms with Crippen molar-refractivity contribution >= 4 is 12.0 Å². The first-order valence-electron chi connectivity index (χ1n) is 5.17. The third kappa shape index (κ3) is 1.50. The standard InChI is InChI=1S/C11H12N4O/c1-8-4-10(14-16-8)6-15-7-12-5-9-2-3-13-11(9)15/h2-5,13H,6-7H2,1H3. The molecule has 0 aromatic carbocycles. The molecule has 2 aromatic rings. The van der Waals surface area contributed by atoms with Crippen LogP contribution in [0.15, 0.2) is 27.8 Å². The van der Waals surface area contributed by atoms with Crippen LogP contribution in [0.2, 0.25) is 0 Å². The molecule has 0 saturated carbocycles. The zero-order chi connectivity index (χ0) is 11.0. The Hall–Kier alpha value is -2.04. The van der Waals surface area contributed by atoms with Crippen LogP contribution in [0.25, 0.3) is 0 Å². The largest absolute Gasteiger partial charge is 0.361 e. The highest BCUT2D eigenvalue weighted by molar-refractivity contribution is 5.88. The van der Waals surface area contributed by atoms with Crippen molar-refractivity contribution in [1.29, 1.82) is 0 Å². The fourth-order valence-electron chi connectivity index (χ4n) is 1.88. The van der Waals surface area contributed by atoms with E-state index >= 15 is 0 Å². The maximum atomic E-state index is 5.05. The summed E-state index contributed by atoms with van der Waals surface area (Å²) in [4.78, 5) is 9.64. The van der Waals surface area contributed by atoms with E-state index in [1.54, 1.807) is 0 Å². The quantitative estimate of drug-likeness (QED) is 0.831. The molecule has 1 N–H and O–H groups in total. The molecule has 0 radical (unpaired) electrons. The molecule has 16 heavy (non-hydrogen) atoms. The number of H-pyrrole nitrogens is 1. The van der Waals surface area contributed by atoms with Gasteiger partial charge in [-0.2, -0.15) is 0 Å². The van der Waals surface area contributed by atoms with Gasteiger partial charge in [-0.1, -0.05) is 5.16 Å². The molecule has 0 saturated heterocycles. The van der Waals surface area contributed by atoms with Crippen LogP contribution < -0.4 is 4.90 Å². The van der Waals surface area contributed by atoms with E-state index in [1.165, 1.54) is 0 Å². The van der Waals surface area contributed by atoms with Crippen LogP contribution in [-0.4, -0.2) is 23.0 Å². The number of rotatable bonds is 2. The van der Waals surface area contributed by atoms with Gasteiger partial charge < -0.3 is 14.4 Å². The van der Waals surface area contributed by atoms with Gasteiger partial charge in [0, 0.05) is 24.0 Å². The van der Waals surface area contributed by atoms with Gasteiger partial charge in [0.05, 0.1) is 6.54 Å². The van der Waals surface area contributed by atoms with Gasteiger partial charge >= 0.3 is 0 Å². The van der Waals surface area contributed by atoms with E-state index in [1.807, 2.05) is 31.5 Å². The second-order valence-corrected chi connectivity index (χ2v) is 3.86. The van der Waals surface area contributed by atoms with E-state index in [0.29, 0.717) is 13.2 Å². The van der Waals surface area contributed by atoms with Crippen molar-refractivity contribution < 1.29 is 4.52 Å². The molecule has 5 nitrogen and oxygen atoms in total. The lowest BCUT2D eigenvalue weighted by molar-refractivity contribution is 0.390. The molecule has 0 spiro atoms. The van der Waals surface area contributed by atoms with Crippen molar-refractivity contribution in [2.75, 3.05) is 11.6 Å². The minimum Gasteiger partial charge on any atom is -0.361 e. The zero-order valence-electron chi connectivity index (χ0n) is 8.97. The predicted molar refractivity (Wildman–Crippen MR) is 60.7 cm³/mol. The summed E-state index contributed by atoms with van der Waals surface area (Å²) >= 11 is 0. The number of hydrogen-bond donors (Lipinski definition) is 1. The maximum Gasteiger partial charge on any atom is 0.133 e. The lowest BCUT2D eigenvalue weighted by atomic mass is 10.2. The summed E-state index contributed by atoms with van der Waals surface area (Å²) in [5.74, 6) is 1.93. The van der Waals surface area contributed by atoms with Gasteiger partial charge in [-0.25, -0.2) is 0 Å². The Labute approximate surface area is 92.8 Å².